The number of aromatic nitrogens is 2. The molecular weight excluding hydrogens is 344 g/mol. The second kappa shape index (κ2) is 6.58. The zero-order valence-corrected chi connectivity index (χ0v) is 14.8. The molecule has 24 heavy (non-hydrogen) atoms. The van der Waals surface area contributed by atoms with Gasteiger partial charge in [-0.05, 0) is 54.6 Å². The maximum absolute atomic E-state index is 12.1. The molecule has 0 saturated carbocycles. The van der Waals surface area contributed by atoms with Gasteiger partial charge in [0, 0.05) is 5.69 Å². The molecule has 2 heterocycles. The number of hydrogen-bond acceptors (Lipinski definition) is 6. The highest BCUT2D eigenvalue weighted by Gasteiger charge is 2.16. The Morgan fingerprint density at radius 1 is 0.958 bits per heavy atom. The van der Waals surface area contributed by atoms with E-state index >= 15 is 0 Å². The lowest BCUT2D eigenvalue weighted by Gasteiger charge is -2.11. The highest BCUT2D eigenvalue weighted by Crippen LogP contribution is 2.22. The number of sulfonamides is 1. The lowest BCUT2D eigenvalue weighted by Crippen LogP contribution is -2.13. The summed E-state index contributed by atoms with van der Waals surface area (Å²) in [6, 6.07) is 12.4. The first-order valence-corrected chi connectivity index (χ1v) is 9.55. The first-order chi connectivity index (χ1) is 11.5. The zero-order valence-electron chi connectivity index (χ0n) is 13.1. The number of rotatable bonds is 5. The fourth-order valence-corrected chi connectivity index (χ4v) is 4.07. The van der Waals surface area contributed by atoms with Crippen molar-refractivity contribution in [3.63, 3.8) is 0 Å². The molecule has 8 heteroatoms. The first kappa shape index (κ1) is 16.4. The summed E-state index contributed by atoms with van der Waals surface area (Å²) in [5.74, 6) is 0.720. The molecule has 2 aromatic heterocycles. The van der Waals surface area contributed by atoms with E-state index in [1.807, 2.05) is 32.0 Å². The molecule has 0 aliphatic carbocycles. The molecule has 0 saturated heterocycles. The van der Waals surface area contributed by atoms with Gasteiger partial charge in [0.2, 0.25) is 0 Å². The standard InChI is InChI=1S/C16H16N4O2S2/c1-11-5-3-6-13(12(11)2)17-14-8-9-15(19-18-14)20-24(21,22)16-7-4-10-23-16/h3-10H,1-2H3,(H,17,18)(H,19,20). The summed E-state index contributed by atoms with van der Waals surface area (Å²) < 4.78 is 26.9. The maximum atomic E-state index is 12.1. The summed E-state index contributed by atoms with van der Waals surface area (Å²) in [7, 11) is -3.61. The summed E-state index contributed by atoms with van der Waals surface area (Å²) in [5.41, 5.74) is 3.24. The van der Waals surface area contributed by atoms with E-state index in [9.17, 15) is 8.42 Å². The molecule has 0 unspecified atom stereocenters. The van der Waals surface area contributed by atoms with Crippen LogP contribution in [0.4, 0.5) is 17.3 Å². The summed E-state index contributed by atoms with van der Waals surface area (Å²) in [6.07, 6.45) is 0. The Bertz CT molecular complexity index is 937. The third-order valence-corrected chi connectivity index (χ3v) is 6.28. The number of aryl methyl sites for hydroxylation is 1. The van der Waals surface area contributed by atoms with Crippen molar-refractivity contribution in [3.05, 3.63) is 59.0 Å². The van der Waals surface area contributed by atoms with Crippen molar-refractivity contribution in [1.29, 1.82) is 0 Å². The first-order valence-electron chi connectivity index (χ1n) is 7.19. The van der Waals surface area contributed by atoms with Gasteiger partial charge in [0.15, 0.2) is 11.6 Å². The number of thiophene rings is 1. The van der Waals surface area contributed by atoms with Crippen LogP contribution in [0.15, 0.2) is 52.1 Å². The molecule has 0 atom stereocenters. The van der Waals surface area contributed by atoms with Gasteiger partial charge in [-0.3, -0.25) is 4.72 Å². The minimum Gasteiger partial charge on any atom is -0.339 e. The Kier molecular flexibility index (Phi) is 4.50. The van der Waals surface area contributed by atoms with Crippen molar-refractivity contribution in [2.75, 3.05) is 10.0 Å². The second-order valence-corrected chi connectivity index (χ2v) is 8.07. The Morgan fingerprint density at radius 2 is 1.71 bits per heavy atom. The van der Waals surface area contributed by atoms with Crippen molar-refractivity contribution >= 4 is 38.7 Å². The van der Waals surface area contributed by atoms with E-state index in [4.69, 9.17) is 0 Å². The lowest BCUT2D eigenvalue weighted by atomic mass is 10.1. The Labute approximate surface area is 144 Å². The van der Waals surface area contributed by atoms with Gasteiger partial charge in [-0.2, -0.15) is 0 Å². The fraction of sp³-hybridized carbons (Fsp3) is 0.125. The molecule has 1 aromatic carbocycles. The van der Waals surface area contributed by atoms with Gasteiger partial charge in [-0.25, -0.2) is 8.42 Å². The van der Waals surface area contributed by atoms with Crippen molar-refractivity contribution in [2.45, 2.75) is 18.1 Å². The van der Waals surface area contributed by atoms with Crippen LogP contribution < -0.4 is 10.0 Å². The molecular formula is C16H16N4O2S2. The molecule has 0 spiro atoms. The number of nitrogens with zero attached hydrogens (tertiary/aromatic N) is 2. The average Bonchev–Trinajstić information content (AvgIpc) is 3.09. The van der Waals surface area contributed by atoms with Crippen LogP contribution in [0.25, 0.3) is 0 Å². The van der Waals surface area contributed by atoms with E-state index < -0.39 is 10.0 Å². The van der Waals surface area contributed by atoms with Crippen LogP contribution in [-0.4, -0.2) is 18.6 Å². The quantitative estimate of drug-likeness (QED) is 0.725. The molecule has 0 aliphatic rings. The number of anilines is 3. The van der Waals surface area contributed by atoms with E-state index in [-0.39, 0.29) is 10.0 Å². The summed E-state index contributed by atoms with van der Waals surface area (Å²) in [4.78, 5) is 0. The SMILES string of the molecule is Cc1cccc(Nc2ccc(NS(=O)(=O)c3cccs3)nn2)c1C. The number of hydrogen-bond donors (Lipinski definition) is 2. The van der Waals surface area contributed by atoms with Crippen LogP contribution >= 0.6 is 11.3 Å². The van der Waals surface area contributed by atoms with Crippen LogP contribution in [-0.2, 0) is 10.0 Å². The number of nitrogens with one attached hydrogen (secondary N) is 2. The Balaban J connectivity index is 1.75. The largest absolute Gasteiger partial charge is 0.339 e. The average molecular weight is 360 g/mol. The third-order valence-electron chi connectivity index (χ3n) is 3.53. The van der Waals surface area contributed by atoms with Crippen molar-refractivity contribution < 1.29 is 8.42 Å². The van der Waals surface area contributed by atoms with Gasteiger partial charge in [0.1, 0.15) is 4.21 Å². The van der Waals surface area contributed by atoms with E-state index in [2.05, 4.69) is 20.2 Å². The van der Waals surface area contributed by atoms with Gasteiger partial charge in [0.25, 0.3) is 10.0 Å². The normalized spacial score (nSPS) is 11.2. The highest BCUT2D eigenvalue weighted by molar-refractivity contribution is 7.94. The van der Waals surface area contributed by atoms with Crippen molar-refractivity contribution in [2.24, 2.45) is 0 Å². The maximum Gasteiger partial charge on any atom is 0.272 e. The minimum atomic E-state index is -3.61. The summed E-state index contributed by atoms with van der Waals surface area (Å²) >= 11 is 1.15. The molecule has 6 nitrogen and oxygen atoms in total. The number of benzene rings is 1. The summed E-state index contributed by atoms with van der Waals surface area (Å²) in [5, 5.41) is 12.8. The fourth-order valence-electron chi connectivity index (χ4n) is 2.08. The Morgan fingerprint density at radius 3 is 2.38 bits per heavy atom. The molecule has 124 valence electrons. The van der Waals surface area contributed by atoms with Crippen LogP contribution in [0.5, 0.6) is 0 Å². The predicted octanol–water partition coefficient (Wildman–Crippen LogP) is 3.70. The predicted molar refractivity (Wildman–Crippen MR) is 96.4 cm³/mol. The lowest BCUT2D eigenvalue weighted by molar-refractivity contribution is 0.603. The van der Waals surface area contributed by atoms with Crippen LogP contribution in [0.3, 0.4) is 0 Å². The summed E-state index contributed by atoms with van der Waals surface area (Å²) in [6.45, 7) is 4.06. The molecule has 3 rings (SSSR count). The van der Waals surface area contributed by atoms with Crippen LogP contribution in [0, 0.1) is 13.8 Å². The third kappa shape index (κ3) is 3.55. The highest BCUT2D eigenvalue weighted by atomic mass is 32.2. The van der Waals surface area contributed by atoms with E-state index in [1.165, 1.54) is 11.6 Å². The minimum absolute atomic E-state index is 0.176. The van der Waals surface area contributed by atoms with Gasteiger partial charge in [0.05, 0.1) is 0 Å². The van der Waals surface area contributed by atoms with Crippen molar-refractivity contribution in [1.82, 2.24) is 10.2 Å². The van der Waals surface area contributed by atoms with Crippen LogP contribution in [0.2, 0.25) is 0 Å². The molecule has 0 fully saturated rings. The van der Waals surface area contributed by atoms with Crippen LogP contribution in [0.1, 0.15) is 11.1 Å². The van der Waals surface area contributed by atoms with E-state index in [0.717, 1.165) is 22.6 Å². The second-order valence-electron chi connectivity index (χ2n) is 5.21. The van der Waals surface area contributed by atoms with E-state index in [0.29, 0.717) is 5.82 Å². The van der Waals surface area contributed by atoms with Gasteiger partial charge < -0.3 is 5.32 Å². The molecule has 0 bridgehead atoms. The smallest absolute Gasteiger partial charge is 0.272 e. The van der Waals surface area contributed by atoms with E-state index in [1.54, 1.807) is 23.6 Å². The van der Waals surface area contributed by atoms with Gasteiger partial charge in [-0.1, -0.05) is 18.2 Å². The van der Waals surface area contributed by atoms with Gasteiger partial charge >= 0.3 is 0 Å². The molecule has 3 aromatic rings. The molecule has 2 N–H and O–H groups in total. The van der Waals surface area contributed by atoms with Gasteiger partial charge in [-0.15, -0.1) is 21.5 Å². The Hall–Kier alpha value is -2.45. The topological polar surface area (TPSA) is 84.0 Å². The molecule has 0 radical (unpaired) electrons. The monoisotopic (exact) mass is 360 g/mol. The van der Waals surface area contributed by atoms with Crippen molar-refractivity contribution in [3.8, 4) is 0 Å². The molecule has 0 aliphatic heterocycles. The molecule has 0 amide bonds. The zero-order chi connectivity index (χ0) is 17.2.